The third kappa shape index (κ3) is 8.11. The van der Waals surface area contributed by atoms with Crippen LogP contribution in [0.2, 0.25) is 0 Å². The van der Waals surface area contributed by atoms with Crippen LogP contribution >= 0.6 is 0 Å². The summed E-state index contributed by atoms with van der Waals surface area (Å²) in [6, 6.07) is 2.14. The van der Waals surface area contributed by atoms with Crippen molar-refractivity contribution in [3.8, 4) is 6.07 Å². The lowest BCUT2D eigenvalue weighted by Crippen LogP contribution is -2.37. The highest BCUT2D eigenvalue weighted by Gasteiger charge is 2.33. The minimum atomic E-state index is -2.65. The minimum Gasteiger partial charge on any atom is -0.477 e. The minimum absolute atomic E-state index is 0.0392. The predicted molar refractivity (Wildman–Crippen MR) is 96.9 cm³/mol. The van der Waals surface area contributed by atoms with E-state index in [2.05, 4.69) is 18.2 Å². The standard InChI is InChI=1S/C20H31NO5/c21-15-9-4-2-1-3-6-10-16-12-13-18(22)17(16)11-7-5-8-14-20(25,26)19(23)24/h6,10,16-17,25-26H,1-5,7-9,11-14H2,(H,23,24)/t16-,17+/m0/s1. The van der Waals surface area contributed by atoms with Crippen molar-refractivity contribution in [1.29, 1.82) is 5.26 Å². The molecule has 1 rings (SSSR count). The number of rotatable bonds is 13. The number of Topliss-reactive ketones (excluding diaryl/α,β-unsaturated/α-hetero) is 1. The molecule has 0 aromatic heterocycles. The Bertz CT molecular complexity index is 521. The first-order chi connectivity index (χ1) is 12.4. The lowest BCUT2D eigenvalue weighted by molar-refractivity contribution is -0.205. The van der Waals surface area contributed by atoms with Gasteiger partial charge in [0.25, 0.3) is 5.79 Å². The third-order valence-electron chi connectivity index (χ3n) is 5.08. The van der Waals surface area contributed by atoms with E-state index >= 15 is 0 Å². The van der Waals surface area contributed by atoms with E-state index in [1.807, 2.05) is 0 Å². The quantitative estimate of drug-likeness (QED) is 0.262. The fraction of sp³-hybridized carbons (Fsp3) is 0.750. The van der Waals surface area contributed by atoms with Crippen molar-refractivity contribution >= 4 is 11.8 Å². The van der Waals surface area contributed by atoms with E-state index in [-0.39, 0.29) is 18.3 Å². The topological polar surface area (TPSA) is 119 Å². The molecular weight excluding hydrogens is 334 g/mol. The number of carboxylic acids is 1. The molecule has 3 N–H and O–H groups in total. The van der Waals surface area contributed by atoms with Gasteiger partial charge in [-0.05, 0) is 44.4 Å². The summed E-state index contributed by atoms with van der Waals surface area (Å²) in [6.07, 6.45) is 12.9. The highest BCUT2D eigenvalue weighted by molar-refractivity contribution is 5.83. The molecule has 1 saturated carbocycles. The first kappa shape index (κ1) is 22.3. The largest absolute Gasteiger partial charge is 0.477 e. The molecular formula is C20H31NO5. The summed E-state index contributed by atoms with van der Waals surface area (Å²) in [5.41, 5.74) is 0. The monoisotopic (exact) mass is 365 g/mol. The molecule has 6 heteroatoms. The fourth-order valence-corrected chi connectivity index (χ4v) is 3.47. The zero-order valence-corrected chi connectivity index (χ0v) is 15.4. The van der Waals surface area contributed by atoms with Crippen LogP contribution in [0.4, 0.5) is 0 Å². The van der Waals surface area contributed by atoms with E-state index in [4.69, 9.17) is 10.4 Å². The number of aliphatic hydroxyl groups is 2. The SMILES string of the molecule is N#CCCCCCC=C[C@H]1CCC(=O)[C@@H]1CCCCCC(O)(O)C(=O)O. The molecule has 0 aromatic carbocycles. The van der Waals surface area contributed by atoms with E-state index in [1.165, 1.54) is 0 Å². The number of ketones is 1. The number of allylic oxidation sites excluding steroid dienone is 2. The van der Waals surface area contributed by atoms with E-state index in [9.17, 15) is 19.8 Å². The van der Waals surface area contributed by atoms with E-state index < -0.39 is 11.8 Å². The van der Waals surface area contributed by atoms with Gasteiger partial charge in [-0.1, -0.05) is 31.4 Å². The summed E-state index contributed by atoms with van der Waals surface area (Å²) in [5, 5.41) is 35.6. The van der Waals surface area contributed by atoms with Gasteiger partial charge >= 0.3 is 5.97 Å². The number of carbonyl (C=O) groups is 2. The number of carboxylic acid groups (broad SMARTS) is 1. The van der Waals surface area contributed by atoms with Crippen LogP contribution in [-0.2, 0) is 9.59 Å². The van der Waals surface area contributed by atoms with Gasteiger partial charge in [0.2, 0.25) is 0 Å². The Morgan fingerprint density at radius 1 is 1.19 bits per heavy atom. The zero-order chi connectivity index (χ0) is 19.4. The molecule has 146 valence electrons. The molecule has 0 aliphatic heterocycles. The van der Waals surface area contributed by atoms with Crippen molar-refractivity contribution in [3.63, 3.8) is 0 Å². The van der Waals surface area contributed by atoms with Crippen LogP contribution in [0, 0.1) is 23.2 Å². The van der Waals surface area contributed by atoms with Gasteiger partial charge in [0.1, 0.15) is 5.78 Å². The molecule has 0 spiro atoms. The predicted octanol–water partition coefficient (Wildman–Crippen LogP) is 3.33. The number of hydrogen-bond donors (Lipinski definition) is 3. The van der Waals surface area contributed by atoms with Gasteiger partial charge in [0.15, 0.2) is 0 Å². The Hall–Kier alpha value is -1.71. The van der Waals surface area contributed by atoms with Crippen LogP contribution < -0.4 is 0 Å². The van der Waals surface area contributed by atoms with Gasteiger partial charge in [-0.2, -0.15) is 5.26 Å². The smallest absolute Gasteiger partial charge is 0.364 e. The second-order valence-electron chi connectivity index (χ2n) is 7.18. The zero-order valence-electron chi connectivity index (χ0n) is 15.4. The van der Waals surface area contributed by atoms with Crippen LogP contribution in [0.15, 0.2) is 12.2 Å². The van der Waals surface area contributed by atoms with Gasteiger partial charge in [0.05, 0.1) is 6.07 Å². The van der Waals surface area contributed by atoms with Crippen molar-refractivity contribution in [3.05, 3.63) is 12.2 Å². The average Bonchev–Trinajstić information content (AvgIpc) is 2.94. The molecule has 0 radical (unpaired) electrons. The highest BCUT2D eigenvalue weighted by Crippen LogP contribution is 2.34. The second kappa shape index (κ2) is 11.8. The summed E-state index contributed by atoms with van der Waals surface area (Å²) in [4.78, 5) is 22.7. The molecule has 2 atom stereocenters. The van der Waals surface area contributed by atoms with E-state index in [0.717, 1.165) is 44.9 Å². The maximum absolute atomic E-state index is 12.1. The molecule has 0 bridgehead atoms. The lowest BCUT2D eigenvalue weighted by Gasteiger charge is -2.17. The maximum atomic E-state index is 12.1. The molecule has 0 amide bonds. The molecule has 1 aliphatic carbocycles. The number of unbranched alkanes of at least 4 members (excludes halogenated alkanes) is 6. The highest BCUT2D eigenvalue weighted by atomic mass is 16.5. The summed E-state index contributed by atoms with van der Waals surface area (Å²) < 4.78 is 0. The van der Waals surface area contributed by atoms with Crippen molar-refractivity contribution in [2.45, 2.75) is 82.8 Å². The lowest BCUT2D eigenvalue weighted by atomic mass is 9.89. The number of nitriles is 1. The van der Waals surface area contributed by atoms with E-state index in [1.54, 1.807) is 0 Å². The van der Waals surface area contributed by atoms with Gasteiger partial charge in [0, 0.05) is 25.2 Å². The van der Waals surface area contributed by atoms with Crippen molar-refractivity contribution in [2.75, 3.05) is 0 Å². The van der Waals surface area contributed by atoms with Crippen LogP contribution in [0.25, 0.3) is 0 Å². The molecule has 1 aliphatic rings. The molecule has 26 heavy (non-hydrogen) atoms. The molecule has 1 fully saturated rings. The summed E-state index contributed by atoms with van der Waals surface area (Å²) >= 11 is 0. The molecule has 0 saturated heterocycles. The Balaban J connectivity index is 2.25. The first-order valence-electron chi connectivity index (χ1n) is 9.63. The summed E-state index contributed by atoms with van der Waals surface area (Å²) in [7, 11) is 0. The third-order valence-corrected chi connectivity index (χ3v) is 5.08. The first-order valence-corrected chi connectivity index (χ1v) is 9.63. The fourth-order valence-electron chi connectivity index (χ4n) is 3.47. The maximum Gasteiger partial charge on any atom is 0.364 e. The van der Waals surface area contributed by atoms with Crippen molar-refractivity contribution < 1.29 is 24.9 Å². The van der Waals surface area contributed by atoms with Gasteiger partial charge < -0.3 is 15.3 Å². The summed E-state index contributed by atoms with van der Waals surface area (Å²) in [6.45, 7) is 0. The average molecular weight is 365 g/mol. The van der Waals surface area contributed by atoms with Crippen LogP contribution in [0.1, 0.15) is 77.0 Å². The number of nitrogens with zero attached hydrogens (tertiary/aromatic N) is 1. The van der Waals surface area contributed by atoms with Gasteiger partial charge in [-0.15, -0.1) is 0 Å². The Labute approximate surface area is 155 Å². The molecule has 0 heterocycles. The van der Waals surface area contributed by atoms with E-state index in [0.29, 0.717) is 31.5 Å². The number of carbonyl (C=O) groups excluding carboxylic acids is 1. The Morgan fingerprint density at radius 2 is 1.92 bits per heavy atom. The van der Waals surface area contributed by atoms with Crippen molar-refractivity contribution in [1.82, 2.24) is 0 Å². The molecule has 6 nitrogen and oxygen atoms in total. The Kier molecular flexibility index (Phi) is 10.2. The Morgan fingerprint density at radius 3 is 2.62 bits per heavy atom. The normalized spacial score (nSPS) is 20.6. The van der Waals surface area contributed by atoms with Crippen molar-refractivity contribution in [2.24, 2.45) is 11.8 Å². The van der Waals surface area contributed by atoms with Gasteiger partial charge in [-0.25, -0.2) is 4.79 Å². The second-order valence-corrected chi connectivity index (χ2v) is 7.18. The van der Waals surface area contributed by atoms with Crippen LogP contribution in [-0.4, -0.2) is 32.9 Å². The summed E-state index contributed by atoms with van der Waals surface area (Å²) in [5.74, 6) is -3.64. The van der Waals surface area contributed by atoms with Gasteiger partial charge in [-0.3, -0.25) is 4.79 Å². The molecule has 0 unspecified atom stereocenters. The molecule has 0 aromatic rings. The number of aliphatic carboxylic acids is 1. The van der Waals surface area contributed by atoms with Crippen LogP contribution in [0.3, 0.4) is 0 Å². The number of hydrogen-bond acceptors (Lipinski definition) is 5. The van der Waals surface area contributed by atoms with Crippen LogP contribution in [0.5, 0.6) is 0 Å².